The highest BCUT2D eigenvalue weighted by atomic mass is 19.1. The van der Waals surface area contributed by atoms with E-state index < -0.39 is 5.97 Å². The normalized spacial score (nSPS) is 10.5. The van der Waals surface area contributed by atoms with Crippen molar-refractivity contribution in [2.75, 3.05) is 13.1 Å². The van der Waals surface area contributed by atoms with Gasteiger partial charge in [0.1, 0.15) is 5.82 Å². The van der Waals surface area contributed by atoms with E-state index in [1.54, 1.807) is 19.1 Å². The van der Waals surface area contributed by atoms with E-state index in [1.807, 2.05) is 0 Å². The van der Waals surface area contributed by atoms with Gasteiger partial charge in [0.2, 0.25) is 0 Å². The molecule has 6 nitrogen and oxygen atoms in total. The minimum atomic E-state index is -0.961. The number of nitrogens with one attached hydrogen (secondary N) is 1. The van der Waals surface area contributed by atoms with Gasteiger partial charge in [0.15, 0.2) is 0 Å². The van der Waals surface area contributed by atoms with Gasteiger partial charge in [-0.15, -0.1) is 0 Å². The Labute approximate surface area is 126 Å². The molecule has 116 valence electrons. The highest BCUT2D eigenvalue weighted by Crippen LogP contribution is 2.22. The fraction of sp³-hybridized carbons (Fsp3) is 0.267. The number of H-pyrrole nitrogens is 1. The largest absolute Gasteiger partial charge is 0.481 e. The highest BCUT2D eigenvalue weighted by molar-refractivity contribution is 5.99. The standard InChI is InChI=1S/C15H16FN3O3/c1-2-19(8-7-13(20)21)15(22)12-9-17-18-14(12)10-3-5-11(16)6-4-10/h3-6,9H,2,7-8H2,1H3,(H,17,18)(H,20,21). The maximum Gasteiger partial charge on any atom is 0.305 e. The third kappa shape index (κ3) is 3.49. The molecule has 2 aromatic rings. The first-order valence-electron chi connectivity index (χ1n) is 6.83. The Morgan fingerprint density at radius 1 is 1.32 bits per heavy atom. The van der Waals surface area contributed by atoms with Crippen molar-refractivity contribution in [3.8, 4) is 11.3 Å². The van der Waals surface area contributed by atoms with Gasteiger partial charge in [-0.3, -0.25) is 14.7 Å². The van der Waals surface area contributed by atoms with Crippen molar-refractivity contribution in [1.82, 2.24) is 15.1 Å². The summed E-state index contributed by atoms with van der Waals surface area (Å²) in [4.78, 5) is 24.6. The first-order valence-corrected chi connectivity index (χ1v) is 6.83. The number of halogens is 1. The van der Waals surface area contributed by atoms with Crippen molar-refractivity contribution in [2.24, 2.45) is 0 Å². The van der Waals surface area contributed by atoms with Gasteiger partial charge in [0, 0.05) is 18.7 Å². The van der Waals surface area contributed by atoms with Crippen LogP contribution in [0.2, 0.25) is 0 Å². The van der Waals surface area contributed by atoms with Gasteiger partial charge in [-0.25, -0.2) is 4.39 Å². The lowest BCUT2D eigenvalue weighted by molar-refractivity contribution is -0.137. The maximum atomic E-state index is 13.0. The molecule has 0 spiro atoms. The van der Waals surface area contributed by atoms with E-state index in [1.165, 1.54) is 23.2 Å². The number of aliphatic carboxylic acids is 1. The number of hydrogen-bond acceptors (Lipinski definition) is 3. The minimum absolute atomic E-state index is 0.122. The molecule has 22 heavy (non-hydrogen) atoms. The predicted molar refractivity (Wildman–Crippen MR) is 77.8 cm³/mol. The monoisotopic (exact) mass is 305 g/mol. The van der Waals surface area contributed by atoms with Crippen LogP contribution < -0.4 is 0 Å². The second kappa shape index (κ2) is 6.84. The van der Waals surface area contributed by atoms with Gasteiger partial charge in [-0.05, 0) is 31.2 Å². The Hall–Kier alpha value is -2.70. The molecule has 0 unspecified atom stereocenters. The third-order valence-electron chi connectivity index (χ3n) is 3.27. The summed E-state index contributed by atoms with van der Waals surface area (Å²) in [6.07, 6.45) is 1.27. The molecular formula is C15H16FN3O3. The number of amides is 1. The Bertz CT molecular complexity index is 667. The fourth-order valence-electron chi connectivity index (χ4n) is 2.09. The Morgan fingerprint density at radius 2 is 2.00 bits per heavy atom. The molecular weight excluding hydrogens is 289 g/mol. The lowest BCUT2D eigenvalue weighted by atomic mass is 10.1. The first kappa shape index (κ1) is 15.7. The van der Waals surface area contributed by atoms with Crippen LogP contribution in [0.1, 0.15) is 23.7 Å². The van der Waals surface area contributed by atoms with Crippen LogP contribution in [0.4, 0.5) is 4.39 Å². The third-order valence-corrected chi connectivity index (χ3v) is 3.27. The van der Waals surface area contributed by atoms with E-state index in [-0.39, 0.29) is 24.7 Å². The van der Waals surface area contributed by atoms with Gasteiger partial charge in [0.25, 0.3) is 5.91 Å². The second-order valence-electron chi connectivity index (χ2n) is 4.69. The molecule has 0 saturated carbocycles. The molecule has 0 aliphatic heterocycles. The number of rotatable bonds is 6. The van der Waals surface area contributed by atoms with Gasteiger partial charge in [-0.2, -0.15) is 5.10 Å². The van der Waals surface area contributed by atoms with Gasteiger partial charge < -0.3 is 10.0 Å². The second-order valence-corrected chi connectivity index (χ2v) is 4.69. The molecule has 0 fully saturated rings. The molecule has 7 heteroatoms. The van der Waals surface area contributed by atoms with E-state index in [2.05, 4.69) is 10.2 Å². The Morgan fingerprint density at radius 3 is 2.59 bits per heavy atom. The van der Waals surface area contributed by atoms with Crippen LogP contribution in [0, 0.1) is 5.82 Å². The molecule has 0 radical (unpaired) electrons. The van der Waals surface area contributed by atoms with E-state index >= 15 is 0 Å². The zero-order valence-electron chi connectivity index (χ0n) is 12.0. The number of nitrogens with zero attached hydrogens (tertiary/aromatic N) is 2. The summed E-state index contributed by atoms with van der Waals surface area (Å²) in [5, 5.41) is 15.3. The fourth-order valence-corrected chi connectivity index (χ4v) is 2.09. The van der Waals surface area contributed by atoms with Crippen molar-refractivity contribution in [3.05, 3.63) is 41.8 Å². The predicted octanol–water partition coefficient (Wildman–Crippen LogP) is 2.15. The maximum absolute atomic E-state index is 13.0. The van der Waals surface area contributed by atoms with Gasteiger partial charge >= 0.3 is 5.97 Å². The molecule has 0 aliphatic carbocycles. The van der Waals surface area contributed by atoms with Crippen LogP contribution >= 0.6 is 0 Å². The highest BCUT2D eigenvalue weighted by Gasteiger charge is 2.20. The molecule has 0 aliphatic rings. The van der Waals surface area contributed by atoms with Crippen molar-refractivity contribution >= 4 is 11.9 Å². The van der Waals surface area contributed by atoms with Crippen LogP contribution in [-0.4, -0.2) is 45.2 Å². The molecule has 2 N–H and O–H groups in total. The number of carbonyl (C=O) groups is 2. The zero-order valence-corrected chi connectivity index (χ0v) is 12.0. The van der Waals surface area contributed by atoms with Crippen molar-refractivity contribution in [1.29, 1.82) is 0 Å². The molecule has 1 aromatic heterocycles. The minimum Gasteiger partial charge on any atom is -0.481 e. The SMILES string of the molecule is CCN(CCC(=O)O)C(=O)c1cn[nH]c1-c1ccc(F)cc1. The summed E-state index contributed by atoms with van der Waals surface area (Å²) in [5.74, 6) is -1.64. The first-order chi connectivity index (χ1) is 10.5. The van der Waals surface area contributed by atoms with Crippen LogP contribution in [0.3, 0.4) is 0 Å². The van der Waals surface area contributed by atoms with Crippen LogP contribution in [0.25, 0.3) is 11.3 Å². The van der Waals surface area contributed by atoms with Crippen molar-refractivity contribution in [2.45, 2.75) is 13.3 Å². The molecule has 0 bridgehead atoms. The summed E-state index contributed by atoms with van der Waals surface area (Å²) in [6.45, 7) is 2.29. The summed E-state index contributed by atoms with van der Waals surface area (Å²) >= 11 is 0. The zero-order chi connectivity index (χ0) is 16.1. The van der Waals surface area contributed by atoms with E-state index in [0.717, 1.165) is 0 Å². The Balaban J connectivity index is 2.25. The smallest absolute Gasteiger partial charge is 0.305 e. The molecule has 1 heterocycles. The number of carboxylic acids is 1. The topological polar surface area (TPSA) is 86.3 Å². The summed E-state index contributed by atoms with van der Waals surface area (Å²) < 4.78 is 13.0. The van der Waals surface area contributed by atoms with Crippen LogP contribution in [0.5, 0.6) is 0 Å². The van der Waals surface area contributed by atoms with E-state index in [4.69, 9.17) is 5.11 Å². The molecule has 2 rings (SSSR count). The van der Waals surface area contributed by atoms with E-state index in [9.17, 15) is 14.0 Å². The lowest BCUT2D eigenvalue weighted by Gasteiger charge is -2.19. The average molecular weight is 305 g/mol. The number of hydrogen-bond donors (Lipinski definition) is 2. The average Bonchev–Trinajstić information content (AvgIpc) is 2.97. The Kier molecular flexibility index (Phi) is 4.88. The molecule has 0 saturated heterocycles. The van der Waals surface area contributed by atoms with Crippen LogP contribution in [0.15, 0.2) is 30.5 Å². The van der Waals surface area contributed by atoms with Crippen molar-refractivity contribution < 1.29 is 19.1 Å². The lowest BCUT2D eigenvalue weighted by Crippen LogP contribution is -2.32. The summed E-state index contributed by atoms with van der Waals surface area (Å²) in [7, 11) is 0. The van der Waals surface area contributed by atoms with Gasteiger partial charge in [0.05, 0.1) is 23.9 Å². The van der Waals surface area contributed by atoms with Crippen LogP contribution in [-0.2, 0) is 4.79 Å². The van der Waals surface area contributed by atoms with Crippen molar-refractivity contribution in [3.63, 3.8) is 0 Å². The number of carboxylic acid groups (broad SMARTS) is 1. The summed E-state index contributed by atoms with van der Waals surface area (Å²) in [6, 6.07) is 5.69. The quantitative estimate of drug-likeness (QED) is 0.856. The number of benzene rings is 1. The number of aromatic amines is 1. The summed E-state index contributed by atoms with van der Waals surface area (Å²) in [5.41, 5.74) is 1.45. The number of carbonyl (C=O) groups excluding carboxylic acids is 1. The number of aromatic nitrogens is 2. The molecule has 1 amide bonds. The van der Waals surface area contributed by atoms with Gasteiger partial charge in [-0.1, -0.05) is 0 Å². The molecule has 0 atom stereocenters. The van der Waals surface area contributed by atoms with E-state index in [0.29, 0.717) is 23.4 Å². The molecule has 1 aromatic carbocycles.